The Balaban J connectivity index is 1.41. The Kier molecular flexibility index (Phi) is 8.43. The summed E-state index contributed by atoms with van der Waals surface area (Å²) in [6.07, 6.45) is 10.4. The molecule has 2 aliphatic heterocycles. The van der Waals surface area contributed by atoms with Crippen molar-refractivity contribution in [1.82, 2.24) is 19.9 Å². The summed E-state index contributed by atoms with van der Waals surface area (Å²) in [5.74, 6) is 0. The van der Waals surface area contributed by atoms with E-state index in [0.29, 0.717) is 0 Å². The molecule has 0 radical (unpaired) electrons. The minimum atomic E-state index is 0.800. The summed E-state index contributed by atoms with van der Waals surface area (Å²) in [5, 5.41) is 0. The van der Waals surface area contributed by atoms with Gasteiger partial charge in [-0.05, 0) is 70.3 Å². The molecule has 0 saturated carbocycles. The van der Waals surface area contributed by atoms with Crippen LogP contribution in [0.1, 0.15) is 28.3 Å². The molecule has 264 valence electrons. The second-order valence-corrected chi connectivity index (χ2v) is 13.8. The number of benzene rings is 5. The van der Waals surface area contributed by atoms with E-state index in [1.165, 1.54) is 0 Å². The van der Waals surface area contributed by atoms with Gasteiger partial charge in [0.1, 0.15) is 0 Å². The van der Waals surface area contributed by atoms with Crippen molar-refractivity contribution in [2.24, 2.45) is 4.99 Å². The summed E-state index contributed by atoms with van der Waals surface area (Å²) < 4.78 is 0. The number of H-pyrrole nitrogens is 2. The molecule has 5 nitrogen and oxygen atoms in total. The predicted octanol–water partition coefficient (Wildman–Crippen LogP) is 13.1. The zero-order chi connectivity index (χ0) is 37.3. The molecule has 0 fully saturated rings. The van der Waals surface area contributed by atoms with Crippen molar-refractivity contribution in [3.8, 4) is 44.5 Å². The molecule has 10 rings (SSSR count). The van der Waals surface area contributed by atoms with Crippen LogP contribution in [0.3, 0.4) is 0 Å². The Morgan fingerprint density at radius 2 is 0.750 bits per heavy atom. The van der Waals surface area contributed by atoms with Crippen LogP contribution in [-0.4, -0.2) is 26.2 Å². The van der Waals surface area contributed by atoms with Crippen LogP contribution in [0.5, 0.6) is 0 Å². The molecule has 3 aromatic heterocycles. The topological polar surface area (TPSA) is 69.7 Å². The standard InChI is InChI=1S/C51H35N5/c1-6-16-34(17-7-1)33-52-46-32-45-49(37-22-12-4-13-23-37)43-29-28-41(54-43)47(35-18-8-2-9-19-35)39-26-27-40(53-39)48(36-20-10-3-11-21-36)42-30-31-44(55-42)50(51(46)56-45)38-24-14-5-15-25-38/h1-33,53,56H. The number of nitrogens with one attached hydrogen (secondary N) is 2. The Morgan fingerprint density at radius 3 is 1.20 bits per heavy atom. The number of aromatic nitrogens is 4. The molecule has 56 heavy (non-hydrogen) atoms. The highest BCUT2D eigenvalue weighted by molar-refractivity contribution is 6.03. The highest BCUT2D eigenvalue weighted by atomic mass is 14.8. The summed E-state index contributed by atoms with van der Waals surface area (Å²) in [6.45, 7) is 0. The number of hydrogen-bond acceptors (Lipinski definition) is 3. The minimum absolute atomic E-state index is 0.800. The third-order valence-corrected chi connectivity index (χ3v) is 10.2. The monoisotopic (exact) mass is 717 g/mol. The van der Waals surface area contributed by atoms with E-state index in [0.717, 1.165) is 101 Å². The van der Waals surface area contributed by atoms with Gasteiger partial charge < -0.3 is 9.97 Å². The van der Waals surface area contributed by atoms with Crippen molar-refractivity contribution < 1.29 is 0 Å². The average Bonchev–Trinajstić information content (AvgIpc) is 4.10. The van der Waals surface area contributed by atoms with E-state index >= 15 is 0 Å². The third-order valence-electron chi connectivity index (χ3n) is 10.2. The molecular formula is C51H35N5. The lowest BCUT2D eigenvalue weighted by Crippen LogP contribution is -1.89. The van der Waals surface area contributed by atoms with Crippen LogP contribution in [0.25, 0.3) is 90.9 Å². The van der Waals surface area contributed by atoms with Crippen molar-refractivity contribution in [2.75, 3.05) is 0 Å². The molecule has 0 saturated heterocycles. The Hall–Kier alpha value is -7.63. The molecule has 5 heterocycles. The lowest BCUT2D eigenvalue weighted by atomic mass is 10.0. The summed E-state index contributed by atoms with van der Waals surface area (Å²) in [6, 6.07) is 58.6. The molecule has 0 amide bonds. The quantitative estimate of drug-likeness (QED) is 0.168. The van der Waals surface area contributed by atoms with E-state index in [-0.39, 0.29) is 0 Å². The fourth-order valence-corrected chi connectivity index (χ4v) is 7.69. The number of fused-ring (bicyclic) bond motifs is 8. The zero-order valence-electron chi connectivity index (χ0n) is 30.4. The maximum atomic E-state index is 5.46. The molecule has 2 aliphatic rings. The number of aromatic amines is 2. The Morgan fingerprint density at radius 1 is 0.375 bits per heavy atom. The number of aliphatic imine (C=N–C) groups is 1. The number of hydrogen-bond donors (Lipinski definition) is 2. The first-order valence-corrected chi connectivity index (χ1v) is 18.8. The summed E-state index contributed by atoms with van der Waals surface area (Å²) >= 11 is 0. The lowest BCUT2D eigenvalue weighted by Gasteiger charge is -2.07. The Bertz CT molecular complexity index is 2980. The van der Waals surface area contributed by atoms with Crippen LogP contribution in [0, 0.1) is 0 Å². The van der Waals surface area contributed by atoms with Gasteiger partial charge in [0.05, 0.1) is 39.5 Å². The molecule has 0 unspecified atom stereocenters. The maximum absolute atomic E-state index is 5.46. The third kappa shape index (κ3) is 6.17. The molecule has 8 aromatic rings. The lowest BCUT2D eigenvalue weighted by molar-refractivity contribution is 1.31. The molecule has 5 heteroatoms. The van der Waals surface area contributed by atoms with Crippen molar-refractivity contribution in [3.05, 3.63) is 198 Å². The first-order valence-electron chi connectivity index (χ1n) is 18.8. The highest BCUT2D eigenvalue weighted by Gasteiger charge is 2.20. The van der Waals surface area contributed by atoms with Gasteiger partial charge >= 0.3 is 0 Å². The van der Waals surface area contributed by atoms with Crippen LogP contribution < -0.4 is 0 Å². The first kappa shape index (κ1) is 33.0. The van der Waals surface area contributed by atoms with E-state index in [4.69, 9.17) is 15.0 Å². The van der Waals surface area contributed by atoms with Gasteiger partial charge in [-0.15, -0.1) is 0 Å². The molecule has 0 spiro atoms. The summed E-state index contributed by atoms with van der Waals surface area (Å²) in [4.78, 5) is 23.8. The van der Waals surface area contributed by atoms with Gasteiger partial charge in [-0.1, -0.05) is 152 Å². The van der Waals surface area contributed by atoms with Crippen LogP contribution >= 0.6 is 0 Å². The van der Waals surface area contributed by atoms with Crippen molar-refractivity contribution in [3.63, 3.8) is 0 Å². The van der Waals surface area contributed by atoms with Gasteiger partial charge in [-0.25, -0.2) is 9.97 Å². The molecule has 0 aliphatic carbocycles. The molecule has 8 bridgehead atoms. The van der Waals surface area contributed by atoms with Crippen LogP contribution in [-0.2, 0) is 0 Å². The smallest absolute Gasteiger partial charge is 0.0892 e. The molecule has 5 aromatic carbocycles. The van der Waals surface area contributed by atoms with E-state index in [1.54, 1.807) is 0 Å². The molecule has 2 N–H and O–H groups in total. The van der Waals surface area contributed by atoms with Crippen LogP contribution in [0.15, 0.2) is 175 Å². The minimum Gasteiger partial charge on any atom is -0.354 e. The highest BCUT2D eigenvalue weighted by Crippen LogP contribution is 2.41. The van der Waals surface area contributed by atoms with Gasteiger partial charge in [0.25, 0.3) is 0 Å². The Labute approximate surface area is 324 Å². The number of nitrogens with zero attached hydrogens (tertiary/aromatic N) is 3. The largest absolute Gasteiger partial charge is 0.354 e. The maximum Gasteiger partial charge on any atom is 0.0892 e. The fraction of sp³-hybridized carbons (Fsp3) is 0. The van der Waals surface area contributed by atoms with E-state index in [2.05, 4.69) is 162 Å². The van der Waals surface area contributed by atoms with E-state index in [1.807, 2.05) is 48.7 Å². The van der Waals surface area contributed by atoms with Crippen molar-refractivity contribution in [1.29, 1.82) is 0 Å². The molecule has 0 atom stereocenters. The second kappa shape index (κ2) is 14.3. The molecular weight excluding hydrogens is 683 g/mol. The SMILES string of the molecule is C1=Cc2nc1c(-c1ccccc1)c1ccc([nH]1)c(-c1ccccc1)c1nc(c(-c3ccccc3)c3[nH]c(cc3N=Cc3ccccc3)c2-c2ccccc2)C=C1. The van der Waals surface area contributed by atoms with Crippen LogP contribution in [0.4, 0.5) is 5.69 Å². The summed E-state index contributed by atoms with van der Waals surface area (Å²) in [7, 11) is 0. The van der Waals surface area contributed by atoms with Gasteiger partial charge in [-0.2, -0.15) is 0 Å². The number of rotatable bonds is 6. The van der Waals surface area contributed by atoms with Crippen molar-refractivity contribution >= 4 is 58.3 Å². The first-order chi connectivity index (χ1) is 27.8. The normalized spacial score (nSPS) is 12.1. The summed E-state index contributed by atoms with van der Waals surface area (Å²) in [5.41, 5.74) is 17.2. The average molecular weight is 718 g/mol. The van der Waals surface area contributed by atoms with Gasteiger partial charge in [-0.3, -0.25) is 4.99 Å². The van der Waals surface area contributed by atoms with E-state index < -0.39 is 0 Å². The zero-order valence-corrected chi connectivity index (χ0v) is 30.4. The second-order valence-electron chi connectivity index (χ2n) is 13.8. The van der Waals surface area contributed by atoms with Gasteiger partial charge in [0.15, 0.2) is 0 Å². The van der Waals surface area contributed by atoms with E-state index in [9.17, 15) is 0 Å². The van der Waals surface area contributed by atoms with Crippen LogP contribution in [0.2, 0.25) is 0 Å². The van der Waals surface area contributed by atoms with Crippen molar-refractivity contribution in [2.45, 2.75) is 0 Å². The fourth-order valence-electron chi connectivity index (χ4n) is 7.69. The van der Waals surface area contributed by atoms with Gasteiger partial charge in [0, 0.05) is 39.5 Å². The van der Waals surface area contributed by atoms with Gasteiger partial charge in [0.2, 0.25) is 0 Å². The predicted molar refractivity (Wildman–Crippen MR) is 234 cm³/mol.